The average molecular weight is 302 g/mol. The van der Waals surface area contributed by atoms with Crippen molar-refractivity contribution < 1.29 is 17.1 Å². The van der Waals surface area contributed by atoms with Crippen molar-refractivity contribution in [3.05, 3.63) is 54.6 Å². The van der Waals surface area contributed by atoms with E-state index in [1.807, 2.05) is 30.3 Å². The predicted molar refractivity (Wildman–Crippen MR) is 80.9 cm³/mol. The van der Waals surface area contributed by atoms with E-state index in [4.69, 9.17) is 0 Å². The maximum Gasteiger partial charge on any atom is 0 e. The summed E-state index contributed by atoms with van der Waals surface area (Å²) in [5, 5.41) is 1.61. The Morgan fingerprint density at radius 1 is 0.833 bits per heavy atom. The summed E-state index contributed by atoms with van der Waals surface area (Å²) in [6.07, 6.45) is 5.48. The molecule has 0 aliphatic rings. The molecule has 0 aliphatic heterocycles. The minimum absolute atomic E-state index is 0. The van der Waals surface area contributed by atoms with Crippen molar-refractivity contribution in [1.82, 2.24) is 0 Å². The van der Waals surface area contributed by atoms with E-state index in [1.165, 1.54) is 25.2 Å². The zero-order valence-corrected chi connectivity index (χ0v) is 13.3. The molecule has 0 N–H and O–H groups in total. The van der Waals surface area contributed by atoms with Gasteiger partial charge in [0.15, 0.2) is 0 Å². The summed E-state index contributed by atoms with van der Waals surface area (Å²) in [5.74, 6) is 0. The summed E-state index contributed by atoms with van der Waals surface area (Å²) in [6.45, 7) is 4.57. The molecule has 0 saturated carbocycles. The fourth-order valence-corrected chi connectivity index (χ4v) is 4.22. The van der Waals surface area contributed by atoms with Crippen molar-refractivity contribution in [2.24, 2.45) is 0 Å². The quantitative estimate of drug-likeness (QED) is 0.425. The predicted octanol–water partition coefficient (Wildman–Crippen LogP) is 4.74. The Labute approximate surface area is 124 Å². The Hall–Kier alpha value is -0.351. The number of rotatable bonds is 5. The summed E-state index contributed by atoms with van der Waals surface area (Å²) in [4.78, 5) is 0. The van der Waals surface area contributed by atoms with Gasteiger partial charge in [-0.15, -0.1) is 13.2 Å². The van der Waals surface area contributed by atoms with Gasteiger partial charge in [-0.3, -0.25) is 0 Å². The van der Waals surface area contributed by atoms with Gasteiger partial charge in [0.05, 0.1) is 0 Å². The Balaban J connectivity index is 0.000000405. The number of hydrogen-bond acceptors (Lipinski definition) is 0. The first-order valence-corrected chi connectivity index (χ1v) is 8.23. The zero-order chi connectivity index (χ0) is 12.3. The van der Waals surface area contributed by atoms with Gasteiger partial charge in [0.25, 0.3) is 0 Å². The smallest absolute Gasteiger partial charge is 0 e. The van der Waals surface area contributed by atoms with E-state index in [2.05, 4.69) is 38.1 Å². The molecular formula is C16H23FeP-6. The Kier molecular flexibility index (Phi) is 11.5. The molecule has 2 heteroatoms. The van der Waals surface area contributed by atoms with Gasteiger partial charge in [-0.2, -0.15) is 12.1 Å². The van der Waals surface area contributed by atoms with E-state index >= 15 is 0 Å². The maximum atomic E-state index is 2.29. The van der Waals surface area contributed by atoms with Crippen LogP contribution >= 0.6 is 7.92 Å². The van der Waals surface area contributed by atoms with Gasteiger partial charge >= 0.3 is 0 Å². The minimum Gasteiger partial charge on any atom is -0.748 e. The normalized spacial score (nSPS) is 9.50. The van der Waals surface area contributed by atoms with E-state index < -0.39 is 0 Å². The molecule has 2 aromatic carbocycles. The maximum absolute atomic E-state index is 2.29. The van der Waals surface area contributed by atoms with Gasteiger partial charge in [0.2, 0.25) is 0 Å². The average Bonchev–Trinajstić information content (AvgIpc) is 3.05. The van der Waals surface area contributed by atoms with Crippen LogP contribution in [0.25, 0.3) is 0 Å². The van der Waals surface area contributed by atoms with E-state index in [0.29, 0.717) is 0 Å². The van der Waals surface area contributed by atoms with Crippen molar-refractivity contribution in [2.75, 3.05) is 12.3 Å². The molecule has 0 heterocycles. The van der Waals surface area contributed by atoms with Gasteiger partial charge in [0, 0.05) is 17.1 Å². The molecule has 2 aromatic rings. The molecular weight excluding hydrogens is 279 g/mol. The molecule has 0 amide bonds. The third kappa shape index (κ3) is 7.17. The molecule has 0 fully saturated rings. The summed E-state index contributed by atoms with van der Waals surface area (Å²) < 4.78 is 0. The first kappa shape index (κ1) is 17.6. The van der Waals surface area contributed by atoms with Gasteiger partial charge in [-0.05, 0) is 12.3 Å². The second kappa shape index (κ2) is 11.7. The van der Waals surface area contributed by atoms with Crippen molar-refractivity contribution >= 4 is 13.2 Å². The molecule has 0 saturated heterocycles. The molecule has 0 unspecified atom stereocenters. The zero-order valence-electron chi connectivity index (χ0n) is 11.3. The van der Waals surface area contributed by atoms with Crippen LogP contribution in [0.15, 0.2) is 54.6 Å². The Bertz CT molecular complexity index is 314. The molecule has 2 rings (SSSR count). The SMILES string of the molecule is CCCP(CCC)[c-]1cccc1.[Fe].[cH-]1[cH-][cH-][cH-][cH-]1. The van der Waals surface area contributed by atoms with Crippen LogP contribution in [0.3, 0.4) is 0 Å². The van der Waals surface area contributed by atoms with Crippen LogP contribution in [-0.2, 0) is 17.1 Å². The summed E-state index contributed by atoms with van der Waals surface area (Å²) in [6, 6.07) is 18.9. The van der Waals surface area contributed by atoms with Crippen molar-refractivity contribution in [2.45, 2.75) is 26.7 Å². The van der Waals surface area contributed by atoms with Crippen LogP contribution in [0.1, 0.15) is 26.7 Å². The van der Waals surface area contributed by atoms with E-state index in [-0.39, 0.29) is 25.0 Å². The van der Waals surface area contributed by atoms with Crippen LogP contribution in [-0.4, -0.2) is 12.3 Å². The molecule has 0 spiro atoms. The Morgan fingerprint density at radius 2 is 1.22 bits per heavy atom. The van der Waals surface area contributed by atoms with Crippen molar-refractivity contribution in [3.63, 3.8) is 0 Å². The van der Waals surface area contributed by atoms with Crippen LogP contribution in [0.5, 0.6) is 0 Å². The molecule has 106 valence electrons. The van der Waals surface area contributed by atoms with Gasteiger partial charge in [-0.1, -0.05) is 26.7 Å². The fourth-order valence-electron chi connectivity index (χ4n) is 1.81. The largest absolute Gasteiger partial charge is 0.748 e. The molecule has 0 nitrogen and oxygen atoms in total. The van der Waals surface area contributed by atoms with Crippen LogP contribution < -0.4 is 5.30 Å². The molecule has 18 heavy (non-hydrogen) atoms. The first-order valence-electron chi connectivity index (χ1n) is 6.51. The van der Waals surface area contributed by atoms with E-state index in [0.717, 1.165) is 0 Å². The Morgan fingerprint density at radius 3 is 1.56 bits per heavy atom. The monoisotopic (exact) mass is 302 g/mol. The van der Waals surface area contributed by atoms with E-state index in [1.54, 1.807) is 5.30 Å². The summed E-state index contributed by atoms with van der Waals surface area (Å²) in [7, 11) is 0.181. The summed E-state index contributed by atoms with van der Waals surface area (Å²) in [5.41, 5.74) is 0. The second-order valence-corrected chi connectivity index (χ2v) is 6.58. The summed E-state index contributed by atoms with van der Waals surface area (Å²) >= 11 is 0. The third-order valence-corrected chi connectivity index (χ3v) is 5.56. The minimum atomic E-state index is 0. The molecule has 0 atom stereocenters. The van der Waals surface area contributed by atoms with Gasteiger partial charge < -0.3 is 30.3 Å². The van der Waals surface area contributed by atoms with Crippen LogP contribution in [0.2, 0.25) is 0 Å². The number of hydrogen-bond donors (Lipinski definition) is 0. The molecule has 0 aromatic heterocycles. The van der Waals surface area contributed by atoms with Crippen molar-refractivity contribution in [3.8, 4) is 0 Å². The first-order chi connectivity index (χ1) is 8.38. The van der Waals surface area contributed by atoms with Crippen LogP contribution in [0, 0.1) is 0 Å². The van der Waals surface area contributed by atoms with Crippen molar-refractivity contribution in [1.29, 1.82) is 0 Å². The van der Waals surface area contributed by atoms with E-state index in [9.17, 15) is 0 Å². The molecule has 0 aliphatic carbocycles. The standard InChI is InChI=1S/C11H18P.C5H5.Fe/c1-3-9-12(10-4-2)11-7-5-6-8-11;1-2-4-5-3-1;/h5-8H,3-4,9-10H2,1-2H3;1-5H;/q-1;-5;. The molecule has 0 radical (unpaired) electrons. The molecule has 0 bridgehead atoms. The second-order valence-electron chi connectivity index (χ2n) is 4.09. The van der Waals surface area contributed by atoms with Gasteiger partial charge in [0.1, 0.15) is 0 Å². The van der Waals surface area contributed by atoms with Crippen LogP contribution in [0.4, 0.5) is 0 Å². The fraction of sp³-hybridized carbons (Fsp3) is 0.375. The third-order valence-electron chi connectivity index (χ3n) is 2.55. The van der Waals surface area contributed by atoms with Gasteiger partial charge in [-0.25, -0.2) is 12.1 Å². The topological polar surface area (TPSA) is 0 Å².